The summed E-state index contributed by atoms with van der Waals surface area (Å²) in [4.78, 5) is 10.6. The van der Waals surface area contributed by atoms with Crippen molar-refractivity contribution in [1.82, 2.24) is 5.12 Å². The van der Waals surface area contributed by atoms with E-state index in [0.29, 0.717) is 22.1 Å². The first kappa shape index (κ1) is 23.6. The molecule has 0 aliphatic heterocycles. The molecule has 2 rings (SSSR count). The minimum atomic E-state index is -4.77. The summed E-state index contributed by atoms with van der Waals surface area (Å²) in [5.41, 5.74) is 7.26. The topological polar surface area (TPSA) is 126 Å². The molecule has 0 aliphatic carbocycles. The van der Waals surface area contributed by atoms with E-state index in [1.165, 1.54) is 12.1 Å². The lowest BCUT2D eigenvalue weighted by Crippen LogP contribution is -2.34. The Kier molecular flexibility index (Phi) is 8.74. The average Bonchev–Trinajstić information content (AvgIpc) is 2.63. The van der Waals surface area contributed by atoms with Crippen LogP contribution >= 0.6 is 0 Å². The van der Waals surface area contributed by atoms with Crippen LogP contribution in [0.5, 0.6) is 5.75 Å². The second-order valence-corrected chi connectivity index (χ2v) is 5.22. The molecule has 0 aromatic heterocycles. The Balaban J connectivity index is 0.00000204. The fraction of sp³-hybridized carbons (Fsp3) is 0.222. The highest BCUT2D eigenvalue weighted by atomic mass is 19.4. The molecule has 11 heteroatoms. The van der Waals surface area contributed by atoms with Gasteiger partial charge in [0.1, 0.15) is 5.75 Å². The molecule has 158 valence electrons. The van der Waals surface area contributed by atoms with Gasteiger partial charge in [0.2, 0.25) is 0 Å². The van der Waals surface area contributed by atoms with Gasteiger partial charge in [0.05, 0.1) is 0 Å². The van der Waals surface area contributed by atoms with Crippen LogP contribution in [0.2, 0.25) is 0 Å². The average molecular weight is 413 g/mol. The maximum atomic E-state index is 12.2. The van der Waals surface area contributed by atoms with Gasteiger partial charge >= 0.3 is 12.3 Å². The molecule has 0 saturated heterocycles. The van der Waals surface area contributed by atoms with Crippen LogP contribution in [-0.4, -0.2) is 34.9 Å². The zero-order valence-corrected chi connectivity index (χ0v) is 15.8. The first-order valence-corrected chi connectivity index (χ1v) is 8.44. The van der Waals surface area contributed by atoms with E-state index < -0.39 is 18.9 Å². The second-order valence-electron chi connectivity index (χ2n) is 5.22. The fourth-order valence-corrected chi connectivity index (χ4v) is 2.08. The van der Waals surface area contributed by atoms with Crippen molar-refractivity contribution in [3.05, 3.63) is 54.1 Å². The number of carboxylic acids is 1. The van der Waals surface area contributed by atoms with Crippen LogP contribution in [0.15, 0.2) is 53.6 Å². The summed E-state index contributed by atoms with van der Waals surface area (Å²) in [5, 5.41) is 16.1. The number of carboxylic acid groups (broad SMARTS) is 1. The molecule has 0 amide bonds. The Morgan fingerprint density at radius 1 is 1.17 bits per heavy atom. The normalized spacial score (nSPS) is 11.2. The fourth-order valence-electron chi connectivity index (χ4n) is 2.08. The van der Waals surface area contributed by atoms with E-state index in [1.807, 2.05) is 13.8 Å². The molecule has 29 heavy (non-hydrogen) atoms. The number of halogens is 3. The molecule has 0 bridgehead atoms. The van der Waals surface area contributed by atoms with Gasteiger partial charge in [0.25, 0.3) is 0 Å². The number of amidine groups is 1. The lowest BCUT2D eigenvalue weighted by atomic mass is 10.1. The predicted molar refractivity (Wildman–Crippen MR) is 103 cm³/mol. The summed E-state index contributed by atoms with van der Waals surface area (Å²) in [6.07, 6.45) is -4.77. The molecule has 0 heterocycles. The molecule has 0 aliphatic rings. The van der Waals surface area contributed by atoms with Crippen molar-refractivity contribution in [3.8, 4) is 5.75 Å². The van der Waals surface area contributed by atoms with Crippen LogP contribution in [0, 0.1) is 0 Å². The van der Waals surface area contributed by atoms with E-state index in [2.05, 4.69) is 15.2 Å². The van der Waals surface area contributed by atoms with Crippen molar-refractivity contribution in [2.24, 2.45) is 16.7 Å². The number of hydrazone groups is 1. The van der Waals surface area contributed by atoms with Crippen LogP contribution in [0.1, 0.15) is 19.4 Å². The lowest BCUT2D eigenvalue weighted by Gasteiger charge is -2.15. The summed E-state index contributed by atoms with van der Waals surface area (Å²) < 4.78 is 40.4. The minimum Gasteiger partial charge on any atom is -0.480 e. The van der Waals surface area contributed by atoms with E-state index >= 15 is 0 Å². The van der Waals surface area contributed by atoms with Crippen LogP contribution in [0.25, 0.3) is 0 Å². The molecule has 0 fully saturated rings. The van der Waals surface area contributed by atoms with E-state index in [-0.39, 0.29) is 11.6 Å². The van der Waals surface area contributed by atoms with E-state index in [9.17, 15) is 18.0 Å². The number of hydrogen-bond acceptors (Lipinski definition) is 6. The largest absolute Gasteiger partial charge is 0.573 e. The number of anilines is 2. The number of para-hydroxylation sites is 1. The molecule has 8 nitrogen and oxygen atoms in total. The van der Waals surface area contributed by atoms with E-state index in [4.69, 9.17) is 16.7 Å². The maximum Gasteiger partial charge on any atom is 0.573 e. The number of ether oxygens (including phenoxy) is 1. The van der Waals surface area contributed by atoms with Crippen molar-refractivity contribution in [2.45, 2.75) is 20.2 Å². The Morgan fingerprint density at radius 3 is 2.31 bits per heavy atom. The number of hydrazine groups is 1. The molecule has 2 aromatic carbocycles. The Labute approximate surface area is 165 Å². The maximum absolute atomic E-state index is 12.2. The third-order valence-corrected chi connectivity index (χ3v) is 3.10. The minimum absolute atomic E-state index is 0.0427. The van der Waals surface area contributed by atoms with E-state index in [1.54, 1.807) is 24.3 Å². The predicted octanol–water partition coefficient (Wildman–Crippen LogP) is 3.24. The molecule has 0 atom stereocenters. The van der Waals surface area contributed by atoms with Crippen LogP contribution in [0.3, 0.4) is 0 Å². The first-order valence-electron chi connectivity index (χ1n) is 8.44. The molecule has 0 saturated carbocycles. The van der Waals surface area contributed by atoms with Gasteiger partial charge in [-0.05, 0) is 36.4 Å². The van der Waals surface area contributed by atoms with Crippen molar-refractivity contribution in [2.75, 3.05) is 11.9 Å². The highest BCUT2D eigenvalue weighted by Crippen LogP contribution is 2.26. The Bertz CT molecular complexity index is 826. The lowest BCUT2D eigenvalue weighted by molar-refractivity contribution is -0.274. The van der Waals surface area contributed by atoms with Gasteiger partial charge in [-0.3, -0.25) is 4.79 Å². The Hall–Kier alpha value is -3.47. The zero-order valence-electron chi connectivity index (χ0n) is 15.8. The molecular formula is C18H22F3N5O3. The number of rotatable bonds is 7. The van der Waals surface area contributed by atoms with Gasteiger partial charge < -0.3 is 20.9 Å². The summed E-state index contributed by atoms with van der Waals surface area (Å²) in [6, 6.07) is 11.8. The number of benzene rings is 2. The van der Waals surface area contributed by atoms with Crippen LogP contribution < -0.4 is 21.6 Å². The zero-order chi connectivity index (χ0) is 22.0. The van der Waals surface area contributed by atoms with E-state index in [0.717, 1.165) is 12.1 Å². The Morgan fingerprint density at radius 2 is 1.76 bits per heavy atom. The third kappa shape index (κ3) is 8.39. The number of nitrogens with zero attached hydrogens (tertiary/aromatic N) is 2. The molecule has 0 unspecified atom stereocenters. The highest BCUT2D eigenvalue weighted by molar-refractivity contribution is 6.02. The standard InChI is InChI=1S/C16H16F3N5O3.C2H6/c17-16(18,19)27-11-7-5-10(6-8-11)22-13-4-2-1-3-12(13)15(20)23-24(21)9-14(25)26;1-2/h1-8,22H,9,21H2,(H2,20,23)(H,25,26);1-2H3. The number of aliphatic carboxylic acids is 1. The SMILES string of the molecule is CC.N/C(=N\N(N)CC(=O)O)c1ccccc1Nc1ccc(OC(F)(F)F)cc1. The molecule has 0 radical (unpaired) electrons. The second kappa shape index (κ2) is 10.8. The monoisotopic (exact) mass is 413 g/mol. The summed E-state index contributed by atoms with van der Waals surface area (Å²) >= 11 is 0. The summed E-state index contributed by atoms with van der Waals surface area (Å²) in [7, 11) is 0. The smallest absolute Gasteiger partial charge is 0.480 e. The van der Waals surface area contributed by atoms with Gasteiger partial charge in [0, 0.05) is 16.9 Å². The molecular weight excluding hydrogens is 391 g/mol. The van der Waals surface area contributed by atoms with Gasteiger partial charge in [-0.1, -0.05) is 26.0 Å². The third-order valence-electron chi connectivity index (χ3n) is 3.10. The van der Waals surface area contributed by atoms with Gasteiger partial charge in [-0.15, -0.1) is 18.3 Å². The van der Waals surface area contributed by atoms with Crippen LogP contribution in [0.4, 0.5) is 24.5 Å². The number of alkyl halides is 3. The first-order chi connectivity index (χ1) is 13.6. The summed E-state index contributed by atoms with van der Waals surface area (Å²) in [5.74, 6) is 3.87. The van der Waals surface area contributed by atoms with Gasteiger partial charge in [-0.25, -0.2) is 11.0 Å². The van der Waals surface area contributed by atoms with Gasteiger partial charge in [0.15, 0.2) is 12.4 Å². The highest BCUT2D eigenvalue weighted by Gasteiger charge is 2.30. The number of nitrogens with one attached hydrogen (secondary N) is 1. The molecule has 2 aromatic rings. The number of carbonyl (C=O) groups is 1. The summed E-state index contributed by atoms with van der Waals surface area (Å²) in [6.45, 7) is 3.46. The van der Waals surface area contributed by atoms with Crippen molar-refractivity contribution in [1.29, 1.82) is 0 Å². The number of nitrogens with two attached hydrogens (primary N) is 2. The van der Waals surface area contributed by atoms with Crippen molar-refractivity contribution < 1.29 is 27.8 Å². The number of hydrogen-bond donors (Lipinski definition) is 4. The molecule has 0 spiro atoms. The quantitative estimate of drug-likeness (QED) is 0.238. The van der Waals surface area contributed by atoms with Gasteiger partial charge in [-0.2, -0.15) is 0 Å². The molecule has 6 N–H and O–H groups in total. The van der Waals surface area contributed by atoms with Crippen molar-refractivity contribution in [3.63, 3.8) is 0 Å². The van der Waals surface area contributed by atoms with Crippen LogP contribution in [-0.2, 0) is 4.79 Å². The van der Waals surface area contributed by atoms with Crippen molar-refractivity contribution >= 4 is 23.2 Å².